The predicted molar refractivity (Wildman–Crippen MR) is 75.5 cm³/mol. The molecular formula is C14H17BrN2. The number of H-pyrrole nitrogens is 1. The molecule has 1 aliphatic carbocycles. The number of hydrogen-bond acceptors (Lipinski definition) is 1. The zero-order valence-electron chi connectivity index (χ0n) is 10.3. The number of rotatable bonds is 1. The summed E-state index contributed by atoms with van der Waals surface area (Å²) in [5, 5.41) is 1.39. The summed E-state index contributed by atoms with van der Waals surface area (Å²) in [6.07, 6.45) is 3.60. The van der Waals surface area contributed by atoms with Gasteiger partial charge in [0.1, 0.15) is 0 Å². The third-order valence-corrected chi connectivity index (χ3v) is 4.35. The van der Waals surface area contributed by atoms with Gasteiger partial charge in [0.15, 0.2) is 0 Å². The van der Waals surface area contributed by atoms with Crippen molar-refractivity contribution in [2.75, 3.05) is 14.1 Å². The second-order valence-electron chi connectivity index (χ2n) is 5.13. The minimum absolute atomic E-state index is 0.680. The lowest BCUT2D eigenvalue weighted by Crippen LogP contribution is -2.33. The maximum atomic E-state index is 3.58. The number of nitrogens with one attached hydrogen (secondary N) is 1. The number of hydrogen-bond donors (Lipinski definition) is 1. The van der Waals surface area contributed by atoms with E-state index in [1.54, 1.807) is 0 Å². The first-order chi connectivity index (χ1) is 8.15. The first-order valence-electron chi connectivity index (χ1n) is 6.10. The van der Waals surface area contributed by atoms with E-state index in [9.17, 15) is 0 Å². The summed E-state index contributed by atoms with van der Waals surface area (Å²) >= 11 is 3.56. The molecule has 0 saturated carbocycles. The molecule has 1 aromatic carbocycles. The van der Waals surface area contributed by atoms with Gasteiger partial charge in [0.05, 0.1) is 0 Å². The van der Waals surface area contributed by atoms with Crippen LogP contribution in [-0.4, -0.2) is 30.0 Å². The first kappa shape index (κ1) is 11.3. The monoisotopic (exact) mass is 292 g/mol. The van der Waals surface area contributed by atoms with E-state index < -0.39 is 0 Å². The minimum atomic E-state index is 0.680. The Kier molecular flexibility index (Phi) is 2.75. The van der Waals surface area contributed by atoms with Crippen LogP contribution in [-0.2, 0) is 12.8 Å². The number of aryl methyl sites for hydroxylation is 1. The molecule has 0 fully saturated rings. The summed E-state index contributed by atoms with van der Waals surface area (Å²) in [6, 6.07) is 7.19. The lowest BCUT2D eigenvalue weighted by Gasteiger charge is -2.28. The minimum Gasteiger partial charge on any atom is -0.358 e. The van der Waals surface area contributed by atoms with Crippen molar-refractivity contribution in [3.63, 3.8) is 0 Å². The van der Waals surface area contributed by atoms with Crippen LogP contribution >= 0.6 is 15.9 Å². The van der Waals surface area contributed by atoms with Crippen LogP contribution in [0, 0.1) is 0 Å². The maximum Gasteiger partial charge on any atom is 0.0459 e. The van der Waals surface area contributed by atoms with E-state index in [2.05, 4.69) is 58.1 Å². The fourth-order valence-corrected chi connectivity index (χ4v) is 3.19. The lowest BCUT2D eigenvalue weighted by molar-refractivity contribution is 0.267. The van der Waals surface area contributed by atoms with E-state index in [1.807, 2.05) is 0 Å². The Morgan fingerprint density at radius 1 is 1.35 bits per heavy atom. The molecule has 3 heteroatoms. The Hall–Kier alpha value is -0.800. The lowest BCUT2D eigenvalue weighted by atomic mass is 9.91. The Bertz CT molecular complexity index is 557. The maximum absolute atomic E-state index is 3.58. The van der Waals surface area contributed by atoms with Gasteiger partial charge in [-0.3, -0.25) is 0 Å². The van der Waals surface area contributed by atoms with Crippen LogP contribution in [0.1, 0.15) is 17.7 Å². The topological polar surface area (TPSA) is 19.0 Å². The van der Waals surface area contributed by atoms with Crippen LogP contribution in [0.15, 0.2) is 22.7 Å². The van der Waals surface area contributed by atoms with E-state index in [1.165, 1.54) is 39.5 Å². The van der Waals surface area contributed by atoms with Gasteiger partial charge in [0.2, 0.25) is 0 Å². The third-order valence-electron chi connectivity index (χ3n) is 3.85. The van der Waals surface area contributed by atoms with E-state index in [-0.39, 0.29) is 0 Å². The number of benzene rings is 1. The van der Waals surface area contributed by atoms with Gasteiger partial charge < -0.3 is 9.88 Å². The van der Waals surface area contributed by atoms with Gasteiger partial charge in [0.25, 0.3) is 0 Å². The molecule has 1 aromatic heterocycles. The smallest absolute Gasteiger partial charge is 0.0459 e. The van der Waals surface area contributed by atoms with Crippen LogP contribution in [0.2, 0.25) is 0 Å². The molecule has 0 bridgehead atoms. The molecule has 0 amide bonds. The summed E-state index contributed by atoms with van der Waals surface area (Å²) in [5.74, 6) is 0. The van der Waals surface area contributed by atoms with Crippen LogP contribution in [0.4, 0.5) is 0 Å². The summed E-state index contributed by atoms with van der Waals surface area (Å²) in [7, 11) is 4.35. The van der Waals surface area contributed by atoms with Crippen molar-refractivity contribution in [2.45, 2.75) is 25.3 Å². The van der Waals surface area contributed by atoms with Crippen LogP contribution in [0.3, 0.4) is 0 Å². The van der Waals surface area contributed by atoms with Crippen molar-refractivity contribution >= 4 is 26.8 Å². The highest BCUT2D eigenvalue weighted by Gasteiger charge is 2.23. The molecule has 1 heterocycles. The number of halogens is 1. The number of aromatic nitrogens is 1. The number of likely N-dealkylation sites (N-methyl/N-ethyl adjacent to an activating group) is 1. The molecule has 3 rings (SSSR count). The SMILES string of the molecule is CN(C)C1CCc2c([nH]c3ccc(Br)cc23)C1. The summed E-state index contributed by atoms with van der Waals surface area (Å²) in [4.78, 5) is 5.92. The standard InChI is InChI=1S/C14H17BrN2/c1-17(2)10-4-5-11-12-7-9(15)3-6-13(12)16-14(11)8-10/h3,6-7,10,16H,4-5,8H2,1-2H3. The zero-order valence-corrected chi connectivity index (χ0v) is 11.8. The zero-order chi connectivity index (χ0) is 12.0. The Morgan fingerprint density at radius 2 is 2.18 bits per heavy atom. The molecule has 17 heavy (non-hydrogen) atoms. The average molecular weight is 293 g/mol. The molecule has 1 aliphatic rings. The molecule has 90 valence electrons. The second kappa shape index (κ2) is 4.14. The van der Waals surface area contributed by atoms with Crippen molar-refractivity contribution in [3.05, 3.63) is 33.9 Å². The van der Waals surface area contributed by atoms with Gasteiger partial charge in [-0.2, -0.15) is 0 Å². The molecule has 1 unspecified atom stereocenters. The first-order valence-corrected chi connectivity index (χ1v) is 6.90. The van der Waals surface area contributed by atoms with Gasteiger partial charge in [0, 0.05) is 33.5 Å². The molecular weight excluding hydrogens is 276 g/mol. The number of fused-ring (bicyclic) bond motifs is 3. The molecule has 0 spiro atoms. The molecule has 0 saturated heterocycles. The highest BCUT2D eigenvalue weighted by Crippen LogP contribution is 2.31. The molecule has 0 radical (unpaired) electrons. The van der Waals surface area contributed by atoms with E-state index >= 15 is 0 Å². The fourth-order valence-electron chi connectivity index (χ4n) is 2.82. The van der Waals surface area contributed by atoms with Crippen molar-refractivity contribution in [1.29, 1.82) is 0 Å². The number of aromatic amines is 1. The van der Waals surface area contributed by atoms with Crippen molar-refractivity contribution in [3.8, 4) is 0 Å². The largest absolute Gasteiger partial charge is 0.358 e. The van der Waals surface area contributed by atoms with Crippen LogP contribution in [0.5, 0.6) is 0 Å². The van der Waals surface area contributed by atoms with Gasteiger partial charge in [-0.05, 0) is 50.7 Å². The summed E-state index contributed by atoms with van der Waals surface area (Å²) in [6.45, 7) is 0. The van der Waals surface area contributed by atoms with Gasteiger partial charge in [-0.1, -0.05) is 15.9 Å². The van der Waals surface area contributed by atoms with Gasteiger partial charge in [-0.15, -0.1) is 0 Å². The Balaban J connectivity index is 2.07. The van der Waals surface area contributed by atoms with E-state index in [0.717, 1.165) is 6.42 Å². The average Bonchev–Trinajstić information content (AvgIpc) is 2.66. The van der Waals surface area contributed by atoms with E-state index in [4.69, 9.17) is 0 Å². The molecule has 1 atom stereocenters. The highest BCUT2D eigenvalue weighted by atomic mass is 79.9. The fraction of sp³-hybridized carbons (Fsp3) is 0.429. The van der Waals surface area contributed by atoms with Crippen LogP contribution in [0.25, 0.3) is 10.9 Å². The number of nitrogens with zero attached hydrogens (tertiary/aromatic N) is 1. The highest BCUT2D eigenvalue weighted by molar-refractivity contribution is 9.10. The van der Waals surface area contributed by atoms with Crippen molar-refractivity contribution in [1.82, 2.24) is 9.88 Å². The predicted octanol–water partition coefficient (Wildman–Crippen LogP) is 3.35. The van der Waals surface area contributed by atoms with Crippen molar-refractivity contribution < 1.29 is 0 Å². The third kappa shape index (κ3) is 1.91. The molecule has 1 N–H and O–H groups in total. The normalized spacial score (nSPS) is 19.9. The molecule has 0 aliphatic heterocycles. The van der Waals surface area contributed by atoms with Gasteiger partial charge in [-0.25, -0.2) is 0 Å². The quantitative estimate of drug-likeness (QED) is 0.854. The summed E-state index contributed by atoms with van der Waals surface area (Å²) < 4.78 is 1.17. The Labute approximate surface area is 110 Å². The van der Waals surface area contributed by atoms with Crippen LogP contribution < -0.4 is 0 Å². The van der Waals surface area contributed by atoms with E-state index in [0.29, 0.717) is 6.04 Å². The van der Waals surface area contributed by atoms with Crippen molar-refractivity contribution in [2.24, 2.45) is 0 Å². The summed E-state index contributed by atoms with van der Waals surface area (Å²) in [5.41, 5.74) is 4.24. The van der Waals surface area contributed by atoms with Gasteiger partial charge >= 0.3 is 0 Å². The second-order valence-corrected chi connectivity index (χ2v) is 6.05. The molecule has 2 nitrogen and oxygen atoms in total. The Morgan fingerprint density at radius 3 is 2.94 bits per heavy atom. The molecule has 2 aromatic rings.